The Labute approximate surface area is 137 Å². The molecule has 0 radical (unpaired) electrons. The zero-order chi connectivity index (χ0) is 16.7. The predicted octanol–water partition coefficient (Wildman–Crippen LogP) is 1.94. The molecule has 0 heterocycles. The van der Waals surface area contributed by atoms with E-state index >= 15 is 0 Å². The maximum atomic E-state index is 13.9. The van der Waals surface area contributed by atoms with E-state index in [4.69, 9.17) is 11.1 Å². The predicted molar refractivity (Wildman–Crippen MR) is 86.2 cm³/mol. The molecule has 1 atom stereocenters. The van der Waals surface area contributed by atoms with Gasteiger partial charge in [-0.15, -0.1) is 0 Å². The van der Waals surface area contributed by atoms with Gasteiger partial charge in [-0.3, -0.25) is 5.41 Å². The van der Waals surface area contributed by atoms with E-state index in [-0.39, 0.29) is 24.2 Å². The molecule has 1 aromatic rings. The van der Waals surface area contributed by atoms with Crippen molar-refractivity contribution in [3.05, 3.63) is 34.1 Å². The maximum absolute atomic E-state index is 13.9. The second-order valence-corrected chi connectivity index (χ2v) is 9.08. The number of hydrogen-bond acceptors (Lipinski definition) is 4. The molecular formula is C14H18BrFN2O3S. The summed E-state index contributed by atoms with van der Waals surface area (Å²) in [6.45, 7) is 1.62. The molecule has 8 heteroatoms. The van der Waals surface area contributed by atoms with E-state index in [0.29, 0.717) is 4.47 Å². The minimum Gasteiger partial charge on any atom is -0.393 e. The number of halogens is 2. The Balaban J connectivity index is 2.28. The summed E-state index contributed by atoms with van der Waals surface area (Å²) in [7, 11) is -3.79. The molecule has 0 aliphatic heterocycles. The Kier molecular flexibility index (Phi) is 4.66. The van der Waals surface area contributed by atoms with Crippen molar-refractivity contribution < 1.29 is 17.9 Å². The molecule has 4 N–H and O–H groups in total. The quantitative estimate of drug-likeness (QED) is 0.525. The van der Waals surface area contributed by atoms with Crippen LogP contribution in [-0.4, -0.2) is 36.0 Å². The van der Waals surface area contributed by atoms with Crippen molar-refractivity contribution in [1.29, 1.82) is 5.41 Å². The highest BCUT2D eigenvalue weighted by Crippen LogP contribution is 2.41. The largest absolute Gasteiger partial charge is 0.393 e. The second kappa shape index (κ2) is 5.90. The van der Waals surface area contributed by atoms with Crippen molar-refractivity contribution in [2.24, 2.45) is 5.73 Å². The van der Waals surface area contributed by atoms with Crippen molar-refractivity contribution in [2.45, 2.75) is 36.5 Å². The molecule has 0 amide bonds. The number of aliphatic hydroxyl groups is 1. The lowest BCUT2D eigenvalue weighted by molar-refractivity contribution is 0.0796. The number of sulfone groups is 1. The minimum atomic E-state index is -3.79. The Morgan fingerprint density at radius 2 is 2.18 bits per heavy atom. The molecular weight excluding hydrogens is 375 g/mol. The van der Waals surface area contributed by atoms with E-state index < -0.39 is 38.3 Å². The van der Waals surface area contributed by atoms with E-state index in [2.05, 4.69) is 15.9 Å². The normalized spacial score (nSPS) is 26.3. The van der Waals surface area contributed by atoms with Crippen LogP contribution in [0.3, 0.4) is 0 Å². The van der Waals surface area contributed by atoms with Crippen LogP contribution in [0.15, 0.2) is 22.7 Å². The Morgan fingerprint density at radius 3 is 2.68 bits per heavy atom. The van der Waals surface area contributed by atoms with Crippen molar-refractivity contribution in [2.75, 3.05) is 5.75 Å². The Morgan fingerprint density at radius 1 is 1.59 bits per heavy atom. The fourth-order valence-electron chi connectivity index (χ4n) is 2.81. The summed E-state index contributed by atoms with van der Waals surface area (Å²) >= 11 is 3.24. The highest BCUT2D eigenvalue weighted by Gasteiger charge is 2.56. The van der Waals surface area contributed by atoms with Gasteiger partial charge in [0.15, 0.2) is 9.84 Å². The Hall–Kier alpha value is -0.990. The van der Waals surface area contributed by atoms with Gasteiger partial charge < -0.3 is 10.8 Å². The molecule has 1 aliphatic carbocycles. The number of nitrogens with two attached hydrogens (primary N) is 1. The van der Waals surface area contributed by atoms with Gasteiger partial charge in [-0.1, -0.05) is 22.9 Å². The summed E-state index contributed by atoms with van der Waals surface area (Å²) < 4.78 is 38.3. The molecule has 0 aromatic heterocycles. The zero-order valence-corrected chi connectivity index (χ0v) is 14.4. The number of benzene rings is 1. The summed E-state index contributed by atoms with van der Waals surface area (Å²) in [5.41, 5.74) is 5.75. The highest BCUT2D eigenvalue weighted by atomic mass is 79.9. The van der Waals surface area contributed by atoms with E-state index in [1.165, 1.54) is 6.07 Å². The molecule has 0 spiro atoms. The van der Waals surface area contributed by atoms with Gasteiger partial charge >= 0.3 is 0 Å². The van der Waals surface area contributed by atoms with E-state index in [1.54, 1.807) is 19.1 Å². The SMILES string of the molecule is CC(CS(=O)(=O)C1(C(=N)N)CC(O)C1)c1cc(Br)ccc1F. The average molecular weight is 393 g/mol. The zero-order valence-electron chi connectivity index (χ0n) is 12.0. The molecule has 0 saturated heterocycles. The number of amidine groups is 1. The lowest BCUT2D eigenvalue weighted by atomic mass is 9.80. The summed E-state index contributed by atoms with van der Waals surface area (Å²) in [4.78, 5) is 0. The highest BCUT2D eigenvalue weighted by molar-refractivity contribution is 9.10. The number of aliphatic hydroxyl groups excluding tert-OH is 1. The first-order valence-corrected chi connectivity index (χ1v) is 9.23. The van der Waals surface area contributed by atoms with Crippen molar-refractivity contribution in [1.82, 2.24) is 0 Å². The molecule has 0 bridgehead atoms. The van der Waals surface area contributed by atoms with E-state index in [9.17, 15) is 17.9 Å². The van der Waals surface area contributed by atoms with Crippen LogP contribution in [0.4, 0.5) is 4.39 Å². The molecule has 2 rings (SSSR count). The van der Waals surface area contributed by atoms with E-state index in [1.807, 2.05) is 0 Å². The molecule has 1 aliphatic rings. The molecule has 122 valence electrons. The molecule has 1 aromatic carbocycles. The standard InChI is InChI=1S/C14H18BrFN2O3S/c1-8(11-4-9(15)2-3-12(11)16)7-22(20,21)14(13(17)18)5-10(19)6-14/h2-4,8,10,19H,5-7H2,1H3,(H3,17,18). The van der Waals surface area contributed by atoms with Crippen LogP contribution in [0.5, 0.6) is 0 Å². The monoisotopic (exact) mass is 392 g/mol. The maximum Gasteiger partial charge on any atom is 0.163 e. The van der Waals surface area contributed by atoms with Gasteiger partial charge in [0.25, 0.3) is 0 Å². The van der Waals surface area contributed by atoms with Gasteiger partial charge in [0.2, 0.25) is 0 Å². The van der Waals surface area contributed by atoms with Crippen LogP contribution in [0.1, 0.15) is 31.2 Å². The molecule has 5 nitrogen and oxygen atoms in total. The van der Waals surface area contributed by atoms with E-state index in [0.717, 1.165) is 0 Å². The third-order valence-electron chi connectivity index (χ3n) is 4.18. The fourth-order valence-corrected chi connectivity index (χ4v) is 5.58. The van der Waals surface area contributed by atoms with Gasteiger partial charge in [-0.25, -0.2) is 12.8 Å². The van der Waals surface area contributed by atoms with Crippen molar-refractivity contribution in [3.8, 4) is 0 Å². The van der Waals surface area contributed by atoms with Crippen molar-refractivity contribution in [3.63, 3.8) is 0 Å². The summed E-state index contributed by atoms with van der Waals surface area (Å²) in [5, 5.41) is 17.0. The topological polar surface area (TPSA) is 104 Å². The average Bonchev–Trinajstić information content (AvgIpc) is 2.36. The first kappa shape index (κ1) is 17.4. The van der Waals surface area contributed by atoms with Gasteiger partial charge in [0.05, 0.1) is 11.9 Å². The van der Waals surface area contributed by atoms with Crippen LogP contribution >= 0.6 is 15.9 Å². The molecule has 1 fully saturated rings. The van der Waals surface area contributed by atoms with Crippen molar-refractivity contribution >= 4 is 31.6 Å². The van der Waals surface area contributed by atoms with Gasteiger partial charge in [0, 0.05) is 17.3 Å². The number of nitrogens with one attached hydrogen (secondary N) is 1. The molecule has 1 unspecified atom stereocenters. The third-order valence-corrected chi connectivity index (χ3v) is 7.35. The fraction of sp³-hybridized carbons (Fsp3) is 0.500. The number of hydrogen-bond donors (Lipinski definition) is 3. The van der Waals surface area contributed by atoms with Crippen LogP contribution < -0.4 is 5.73 Å². The van der Waals surface area contributed by atoms with Gasteiger partial charge in [-0.05, 0) is 29.7 Å². The summed E-state index contributed by atoms with van der Waals surface area (Å²) in [6, 6.07) is 4.36. The number of rotatable bonds is 5. The first-order valence-electron chi connectivity index (χ1n) is 6.79. The van der Waals surface area contributed by atoms with Crippen LogP contribution in [0.2, 0.25) is 0 Å². The summed E-state index contributed by atoms with van der Waals surface area (Å²) in [6.07, 6.45) is -0.909. The smallest absolute Gasteiger partial charge is 0.163 e. The van der Waals surface area contributed by atoms with Crippen LogP contribution in [0.25, 0.3) is 0 Å². The van der Waals surface area contributed by atoms with Crippen LogP contribution in [-0.2, 0) is 9.84 Å². The summed E-state index contributed by atoms with van der Waals surface area (Å²) in [5.74, 6) is -1.85. The van der Waals surface area contributed by atoms with Gasteiger partial charge in [-0.2, -0.15) is 0 Å². The minimum absolute atomic E-state index is 0.0711. The van der Waals surface area contributed by atoms with Gasteiger partial charge in [0.1, 0.15) is 16.4 Å². The molecule has 22 heavy (non-hydrogen) atoms. The first-order chi connectivity index (χ1) is 10.1. The lowest BCUT2D eigenvalue weighted by Crippen LogP contribution is -2.61. The molecule has 1 saturated carbocycles. The Bertz CT molecular complexity index is 702. The lowest BCUT2D eigenvalue weighted by Gasteiger charge is -2.43. The third kappa shape index (κ3) is 2.91. The second-order valence-electron chi connectivity index (χ2n) is 5.82. The van der Waals surface area contributed by atoms with Crippen LogP contribution in [0, 0.1) is 11.2 Å².